The maximum Gasteiger partial charge on any atom is 0.193 e. The van der Waals surface area contributed by atoms with Gasteiger partial charge in [-0.05, 0) is 56.8 Å². The van der Waals surface area contributed by atoms with Crippen LogP contribution in [0.1, 0.15) is 44.2 Å². The number of rotatable bonds is 9. The standard InChI is InChI=1S/C22H38N4O/c1-5-23-22(26(4)13-10-19-11-14-27-15-12-19)24-17-20-8-7-9-21(16-20)18-25(3)6-2/h7-9,16,19H,5-6,10-15,17-18H2,1-4H3,(H,23,24). The number of ether oxygens (including phenoxy) is 1. The number of hydrogen-bond donors (Lipinski definition) is 1. The molecule has 1 aromatic carbocycles. The van der Waals surface area contributed by atoms with Gasteiger partial charge in [0.1, 0.15) is 0 Å². The van der Waals surface area contributed by atoms with Crippen molar-refractivity contribution >= 4 is 5.96 Å². The fourth-order valence-corrected chi connectivity index (χ4v) is 3.40. The van der Waals surface area contributed by atoms with Crippen molar-refractivity contribution in [3.63, 3.8) is 0 Å². The Morgan fingerprint density at radius 2 is 1.93 bits per heavy atom. The first-order chi connectivity index (χ1) is 13.1. The lowest BCUT2D eigenvalue weighted by Crippen LogP contribution is -2.40. The Morgan fingerprint density at radius 1 is 1.19 bits per heavy atom. The van der Waals surface area contributed by atoms with Crippen molar-refractivity contribution in [1.29, 1.82) is 0 Å². The van der Waals surface area contributed by atoms with Gasteiger partial charge in [0, 0.05) is 39.9 Å². The Morgan fingerprint density at radius 3 is 2.63 bits per heavy atom. The van der Waals surface area contributed by atoms with Crippen molar-refractivity contribution in [2.75, 3.05) is 46.9 Å². The van der Waals surface area contributed by atoms with Gasteiger partial charge in [0.05, 0.1) is 6.54 Å². The minimum Gasteiger partial charge on any atom is -0.381 e. The van der Waals surface area contributed by atoms with E-state index in [-0.39, 0.29) is 0 Å². The molecule has 5 nitrogen and oxygen atoms in total. The first-order valence-corrected chi connectivity index (χ1v) is 10.5. The molecule has 0 spiro atoms. The predicted molar refractivity (Wildman–Crippen MR) is 114 cm³/mol. The van der Waals surface area contributed by atoms with Crippen LogP contribution in [0.3, 0.4) is 0 Å². The van der Waals surface area contributed by atoms with Gasteiger partial charge in [-0.25, -0.2) is 4.99 Å². The molecule has 0 aliphatic carbocycles. The fourth-order valence-electron chi connectivity index (χ4n) is 3.40. The molecule has 0 saturated carbocycles. The fraction of sp³-hybridized carbons (Fsp3) is 0.682. The lowest BCUT2D eigenvalue weighted by Gasteiger charge is -2.27. The van der Waals surface area contributed by atoms with Crippen LogP contribution in [0, 0.1) is 5.92 Å². The Hall–Kier alpha value is -1.59. The molecule has 152 valence electrons. The highest BCUT2D eigenvalue weighted by Crippen LogP contribution is 2.18. The van der Waals surface area contributed by atoms with Crippen molar-refractivity contribution in [3.05, 3.63) is 35.4 Å². The Bertz CT molecular complexity index is 569. The third kappa shape index (κ3) is 7.89. The summed E-state index contributed by atoms with van der Waals surface area (Å²) >= 11 is 0. The molecule has 1 aliphatic heterocycles. The summed E-state index contributed by atoms with van der Waals surface area (Å²) < 4.78 is 5.47. The predicted octanol–water partition coefficient (Wildman–Crippen LogP) is 3.35. The number of aliphatic imine (C=N–C) groups is 1. The van der Waals surface area contributed by atoms with Crippen molar-refractivity contribution in [3.8, 4) is 0 Å². The summed E-state index contributed by atoms with van der Waals surface area (Å²) in [4.78, 5) is 9.47. The average molecular weight is 375 g/mol. The summed E-state index contributed by atoms with van der Waals surface area (Å²) in [5, 5.41) is 3.44. The molecule has 1 aromatic rings. The third-order valence-corrected chi connectivity index (χ3v) is 5.31. The van der Waals surface area contributed by atoms with Crippen LogP contribution in [0.4, 0.5) is 0 Å². The summed E-state index contributed by atoms with van der Waals surface area (Å²) in [6.07, 6.45) is 3.60. The zero-order valence-electron chi connectivity index (χ0n) is 17.7. The zero-order chi connectivity index (χ0) is 19.5. The lowest BCUT2D eigenvalue weighted by molar-refractivity contribution is 0.0625. The molecular weight excluding hydrogens is 336 g/mol. The summed E-state index contributed by atoms with van der Waals surface area (Å²) in [6, 6.07) is 8.79. The Labute approximate surface area is 165 Å². The SMILES string of the molecule is CCNC(=NCc1cccc(CN(C)CC)c1)N(C)CCC1CCOCC1. The van der Waals surface area contributed by atoms with E-state index in [1.165, 1.54) is 30.4 Å². The van der Waals surface area contributed by atoms with Gasteiger partial charge in [-0.1, -0.05) is 31.2 Å². The molecule has 1 fully saturated rings. The van der Waals surface area contributed by atoms with E-state index in [4.69, 9.17) is 9.73 Å². The number of nitrogens with zero attached hydrogens (tertiary/aromatic N) is 3. The van der Waals surface area contributed by atoms with Gasteiger partial charge in [0.25, 0.3) is 0 Å². The van der Waals surface area contributed by atoms with Crippen molar-refractivity contribution in [2.24, 2.45) is 10.9 Å². The zero-order valence-corrected chi connectivity index (χ0v) is 17.7. The average Bonchev–Trinajstić information content (AvgIpc) is 2.70. The van der Waals surface area contributed by atoms with Gasteiger partial charge in [-0.2, -0.15) is 0 Å². The second-order valence-corrected chi connectivity index (χ2v) is 7.59. The summed E-state index contributed by atoms with van der Waals surface area (Å²) in [6.45, 7) is 10.9. The first kappa shape index (κ1) is 21.7. The van der Waals surface area contributed by atoms with Gasteiger partial charge in [0.2, 0.25) is 0 Å². The van der Waals surface area contributed by atoms with Gasteiger partial charge < -0.3 is 19.9 Å². The molecule has 1 heterocycles. The van der Waals surface area contributed by atoms with Crippen molar-refractivity contribution in [2.45, 2.75) is 46.2 Å². The Balaban J connectivity index is 1.92. The normalized spacial score (nSPS) is 16.0. The minimum absolute atomic E-state index is 0.716. The summed E-state index contributed by atoms with van der Waals surface area (Å²) in [5.41, 5.74) is 2.62. The second kappa shape index (κ2) is 12.0. The molecule has 0 atom stereocenters. The highest BCUT2D eigenvalue weighted by atomic mass is 16.5. The van der Waals surface area contributed by atoms with Gasteiger partial charge in [-0.3, -0.25) is 0 Å². The van der Waals surface area contributed by atoms with E-state index in [1.54, 1.807) is 0 Å². The van der Waals surface area contributed by atoms with E-state index < -0.39 is 0 Å². The maximum absolute atomic E-state index is 5.47. The molecular formula is C22H38N4O. The number of benzene rings is 1. The van der Waals surface area contributed by atoms with Gasteiger partial charge in [0.15, 0.2) is 5.96 Å². The monoisotopic (exact) mass is 374 g/mol. The van der Waals surface area contributed by atoms with Crippen molar-refractivity contribution in [1.82, 2.24) is 15.1 Å². The quantitative estimate of drug-likeness (QED) is 0.531. The maximum atomic E-state index is 5.47. The molecule has 1 aliphatic rings. The third-order valence-electron chi connectivity index (χ3n) is 5.31. The van der Waals surface area contributed by atoms with Crippen LogP contribution in [0.15, 0.2) is 29.3 Å². The number of guanidine groups is 1. The lowest BCUT2D eigenvalue weighted by atomic mass is 9.96. The highest BCUT2D eigenvalue weighted by molar-refractivity contribution is 5.79. The Kier molecular flexibility index (Phi) is 9.64. The van der Waals surface area contributed by atoms with Gasteiger partial charge in [-0.15, -0.1) is 0 Å². The van der Waals surface area contributed by atoms with E-state index in [0.717, 1.165) is 51.3 Å². The molecule has 1 N–H and O–H groups in total. The number of nitrogens with one attached hydrogen (secondary N) is 1. The highest BCUT2D eigenvalue weighted by Gasteiger charge is 2.15. The molecule has 5 heteroatoms. The molecule has 0 unspecified atom stereocenters. The topological polar surface area (TPSA) is 40.1 Å². The van der Waals surface area contributed by atoms with Gasteiger partial charge >= 0.3 is 0 Å². The van der Waals surface area contributed by atoms with E-state index in [0.29, 0.717) is 6.54 Å². The van der Waals surface area contributed by atoms with Crippen LogP contribution >= 0.6 is 0 Å². The van der Waals surface area contributed by atoms with E-state index in [1.807, 2.05) is 0 Å². The molecule has 2 rings (SSSR count). The largest absolute Gasteiger partial charge is 0.381 e. The number of hydrogen-bond acceptors (Lipinski definition) is 3. The van der Waals surface area contributed by atoms with Crippen LogP contribution in [0.25, 0.3) is 0 Å². The molecule has 0 aromatic heterocycles. The van der Waals surface area contributed by atoms with Crippen molar-refractivity contribution < 1.29 is 4.74 Å². The van der Waals surface area contributed by atoms with E-state index >= 15 is 0 Å². The smallest absolute Gasteiger partial charge is 0.193 e. The molecule has 0 radical (unpaired) electrons. The molecule has 0 bridgehead atoms. The molecule has 1 saturated heterocycles. The van der Waals surface area contributed by atoms with Crippen LogP contribution < -0.4 is 5.32 Å². The summed E-state index contributed by atoms with van der Waals surface area (Å²) in [7, 11) is 4.30. The van der Waals surface area contributed by atoms with E-state index in [2.05, 4.69) is 67.3 Å². The molecule has 27 heavy (non-hydrogen) atoms. The van der Waals surface area contributed by atoms with Crippen LogP contribution in [0.5, 0.6) is 0 Å². The summed E-state index contributed by atoms with van der Waals surface area (Å²) in [5.74, 6) is 1.79. The molecule has 0 amide bonds. The van der Waals surface area contributed by atoms with Crippen LogP contribution in [0.2, 0.25) is 0 Å². The van der Waals surface area contributed by atoms with E-state index in [9.17, 15) is 0 Å². The first-order valence-electron chi connectivity index (χ1n) is 10.5. The van der Waals surface area contributed by atoms with Crippen LogP contribution in [-0.2, 0) is 17.8 Å². The van der Waals surface area contributed by atoms with Crippen LogP contribution in [-0.4, -0.2) is 62.7 Å². The minimum atomic E-state index is 0.716. The second-order valence-electron chi connectivity index (χ2n) is 7.59.